The highest BCUT2D eigenvalue weighted by molar-refractivity contribution is 6.04. The van der Waals surface area contributed by atoms with E-state index in [2.05, 4.69) is 35.4 Å². The zero-order valence-corrected chi connectivity index (χ0v) is 20.1. The third-order valence-corrected chi connectivity index (χ3v) is 5.97. The predicted octanol–water partition coefficient (Wildman–Crippen LogP) is 6.26. The van der Waals surface area contributed by atoms with Gasteiger partial charge in [0.1, 0.15) is 22.5 Å². The van der Waals surface area contributed by atoms with Gasteiger partial charge < -0.3 is 14.5 Å². The number of hydrogen-bond donors (Lipinski definition) is 1. The lowest BCUT2D eigenvalue weighted by Gasteiger charge is -2.07. The maximum absolute atomic E-state index is 12.9. The Bertz CT molecular complexity index is 1530. The third-order valence-electron chi connectivity index (χ3n) is 5.97. The molecule has 1 N–H and O–H groups in total. The fraction of sp³-hybridized carbons (Fsp3) is 0.179. The highest BCUT2D eigenvalue weighted by atomic mass is 16.5. The Hall–Kier alpha value is -4.39. The Morgan fingerprint density at radius 1 is 0.886 bits per heavy atom. The maximum atomic E-state index is 12.9. The topological polar surface area (TPSA) is 82.2 Å². The first-order chi connectivity index (χ1) is 16.9. The highest BCUT2D eigenvalue weighted by Gasteiger charge is 2.16. The Morgan fingerprint density at radius 2 is 1.63 bits per heavy atom. The van der Waals surface area contributed by atoms with Gasteiger partial charge in [-0.15, -0.1) is 10.2 Å². The van der Waals surface area contributed by atoms with Crippen LogP contribution in [0.1, 0.15) is 34.2 Å². The standard InChI is InChI=1S/C28H26N4O3/c1-5-34-22-10-8-21(9-11-22)32-30-24-15-19(4)23(16-25(24)31-32)29-28(33)27-13-12-26(35-27)20-7-6-17(2)18(3)14-20/h6-16H,5H2,1-4H3,(H,29,33). The Morgan fingerprint density at radius 3 is 2.34 bits per heavy atom. The molecule has 0 saturated carbocycles. The summed E-state index contributed by atoms with van der Waals surface area (Å²) < 4.78 is 11.4. The van der Waals surface area contributed by atoms with Crippen LogP contribution in [0.4, 0.5) is 5.69 Å². The number of fused-ring (bicyclic) bond motifs is 1. The molecule has 7 nitrogen and oxygen atoms in total. The lowest BCUT2D eigenvalue weighted by atomic mass is 10.1. The van der Waals surface area contributed by atoms with Crippen molar-refractivity contribution in [3.8, 4) is 22.8 Å². The van der Waals surface area contributed by atoms with Crippen molar-refractivity contribution in [2.24, 2.45) is 0 Å². The van der Waals surface area contributed by atoms with Gasteiger partial charge in [-0.05, 0) is 99.0 Å². The average molecular weight is 467 g/mol. The number of carbonyl (C=O) groups is 1. The third kappa shape index (κ3) is 4.53. The summed E-state index contributed by atoms with van der Waals surface area (Å²) in [6.07, 6.45) is 0. The summed E-state index contributed by atoms with van der Waals surface area (Å²) in [7, 11) is 0. The van der Waals surface area contributed by atoms with Crippen LogP contribution in [0.5, 0.6) is 5.75 Å². The molecule has 0 fully saturated rings. The minimum Gasteiger partial charge on any atom is -0.494 e. The molecule has 0 spiro atoms. The second kappa shape index (κ2) is 9.10. The van der Waals surface area contributed by atoms with Crippen LogP contribution in [0.3, 0.4) is 0 Å². The first-order valence-electron chi connectivity index (χ1n) is 11.5. The minimum absolute atomic E-state index is 0.246. The second-order valence-electron chi connectivity index (χ2n) is 8.49. The molecule has 0 aliphatic rings. The van der Waals surface area contributed by atoms with E-state index in [0.717, 1.165) is 28.1 Å². The van der Waals surface area contributed by atoms with Gasteiger partial charge in [-0.3, -0.25) is 4.79 Å². The van der Waals surface area contributed by atoms with Gasteiger partial charge in [0, 0.05) is 11.3 Å². The largest absolute Gasteiger partial charge is 0.494 e. The number of ether oxygens (including phenoxy) is 1. The molecule has 0 radical (unpaired) electrons. The fourth-order valence-corrected chi connectivity index (χ4v) is 3.85. The van der Waals surface area contributed by atoms with Crippen molar-refractivity contribution in [2.75, 3.05) is 11.9 Å². The molecule has 0 unspecified atom stereocenters. The van der Waals surface area contributed by atoms with Gasteiger partial charge in [-0.2, -0.15) is 4.80 Å². The van der Waals surface area contributed by atoms with Gasteiger partial charge in [0.25, 0.3) is 5.91 Å². The fourth-order valence-electron chi connectivity index (χ4n) is 3.85. The number of aryl methyl sites for hydroxylation is 3. The molecule has 1 amide bonds. The van der Waals surface area contributed by atoms with Crippen LogP contribution in [-0.2, 0) is 0 Å². The van der Waals surface area contributed by atoms with E-state index in [1.54, 1.807) is 10.9 Å². The van der Waals surface area contributed by atoms with Crippen molar-refractivity contribution in [1.29, 1.82) is 0 Å². The normalized spacial score (nSPS) is 11.1. The first-order valence-corrected chi connectivity index (χ1v) is 11.5. The number of furan rings is 1. The molecule has 0 bridgehead atoms. The summed E-state index contributed by atoms with van der Waals surface area (Å²) in [6, 6.07) is 20.9. The molecular weight excluding hydrogens is 440 g/mol. The lowest BCUT2D eigenvalue weighted by molar-refractivity contribution is 0.0997. The Labute approximate surface area is 203 Å². The average Bonchev–Trinajstić information content (AvgIpc) is 3.49. The van der Waals surface area contributed by atoms with Gasteiger partial charge in [0.05, 0.1) is 12.3 Å². The van der Waals surface area contributed by atoms with Crippen LogP contribution >= 0.6 is 0 Å². The predicted molar refractivity (Wildman–Crippen MR) is 136 cm³/mol. The number of anilines is 1. The van der Waals surface area contributed by atoms with E-state index in [4.69, 9.17) is 9.15 Å². The number of nitrogens with one attached hydrogen (secondary N) is 1. The van der Waals surface area contributed by atoms with E-state index in [1.807, 2.05) is 68.4 Å². The number of rotatable bonds is 6. The summed E-state index contributed by atoms with van der Waals surface area (Å²) in [6.45, 7) is 8.61. The summed E-state index contributed by atoms with van der Waals surface area (Å²) in [5.41, 5.74) is 7.10. The van der Waals surface area contributed by atoms with E-state index in [9.17, 15) is 4.79 Å². The molecule has 0 aliphatic heterocycles. The highest BCUT2D eigenvalue weighted by Crippen LogP contribution is 2.27. The molecule has 2 heterocycles. The smallest absolute Gasteiger partial charge is 0.291 e. The Balaban J connectivity index is 1.37. The lowest BCUT2D eigenvalue weighted by Crippen LogP contribution is -2.11. The van der Waals surface area contributed by atoms with Crippen LogP contribution in [0, 0.1) is 20.8 Å². The zero-order valence-electron chi connectivity index (χ0n) is 20.1. The summed E-state index contributed by atoms with van der Waals surface area (Å²) >= 11 is 0. The van der Waals surface area contributed by atoms with Gasteiger partial charge >= 0.3 is 0 Å². The molecule has 0 saturated heterocycles. The van der Waals surface area contributed by atoms with E-state index in [1.165, 1.54) is 11.1 Å². The number of amides is 1. The SMILES string of the molecule is CCOc1ccc(-n2nc3cc(C)c(NC(=O)c4ccc(-c5ccc(C)c(C)c5)o4)cc3n2)cc1. The van der Waals surface area contributed by atoms with E-state index in [-0.39, 0.29) is 11.7 Å². The summed E-state index contributed by atoms with van der Waals surface area (Å²) in [5, 5.41) is 12.1. The van der Waals surface area contributed by atoms with Gasteiger partial charge in [0.15, 0.2) is 5.76 Å². The van der Waals surface area contributed by atoms with E-state index in [0.29, 0.717) is 23.6 Å². The van der Waals surface area contributed by atoms with E-state index >= 15 is 0 Å². The minimum atomic E-state index is -0.318. The second-order valence-corrected chi connectivity index (χ2v) is 8.49. The van der Waals surface area contributed by atoms with Crippen LogP contribution in [-0.4, -0.2) is 27.5 Å². The van der Waals surface area contributed by atoms with Crippen molar-refractivity contribution in [3.63, 3.8) is 0 Å². The van der Waals surface area contributed by atoms with Gasteiger partial charge in [-0.1, -0.05) is 12.1 Å². The molecule has 5 aromatic rings. The van der Waals surface area contributed by atoms with Crippen molar-refractivity contribution < 1.29 is 13.9 Å². The van der Waals surface area contributed by atoms with Crippen LogP contribution < -0.4 is 10.1 Å². The first kappa shape index (κ1) is 22.4. The zero-order chi connectivity index (χ0) is 24.5. The van der Waals surface area contributed by atoms with Crippen molar-refractivity contribution >= 4 is 22.6 Å². The molecule has 35 heavy (non-hydrogen) atoms. The molecule has 3 aromatic carbocycles. The van der Waals surface area contributed by atoms with Crippen LogP contribution in [0.15, 0.2) is 71.1 Å². The molecule has 7 heteroatoms. The van der Waals surface area contributed by atoms with Crippen LogP contribution in [0.2, 0.25) is 0 Å². The molecule has 176 valence electrons. The number of hydrogen-bond acceptors (Lipinski definition) is 5. The molecule has 0 aliphatic carbocycles. The Kier molecular flexibility index (Phi) is 5.82. The van der Waals surface area contributed by atoms with Crippen molar-refractivity contribution in [3.05, 3.63) is 89.2 Å². The molecule has 0 atom stereocenters. The maximum Gasteiger partial charge on any atom is 0.291 e. The molecule has 5 rings (SSSR count). The van der Waals surface area contributed by atoms with E-state index < -0.39 is 0 Å². The van der Waals surface area contributed by atoms with Crippen LogP contribution in [0.25, 0.3) is 28.0 Å². The monoisotopic (exact) mass is 466 g/mol. The summed E-state index contributed by atoms with van der Waals surface area (Å²) in [5.74, 6) is 1.38. The number of nitrogens with zero attached hydrogens (tertiary/aromatic N) is 3. The van der Waals surface area contributed by atoms with Gasteiger partial charge in [0.2, 0.25) is 0 Å². The van der Waals surface area contributed by atoms with Crippen molar-refractivity contribution in [1.82, 2.24) is 15.0 Å². The molecule has 2 aromatic heterocycles. The van der Waals surface area contributed by atoms with Gasteiger partial charge in [-0.25, -0.2) is 0 Å². The summed E-state index contributed by atoms with van der Waals surface area (Å²) in [4.78, 5) is 14.5. The van der Waals surface area contributed by atoms with Crippen molar-refractivity contribution in [2.45, 2.75) is 27.7 Å². The number of aromatic nitrogens is 3. The molecular formula is C28H26N4O3. The quantitative estimate of drug-likeness (QED) is 0.320. The number of benzene rings is 3. The number of carbonyl (C=O) groups excluding carboxylic acids is 1.